The van der Waals surface area contributed by atoms with Crippen LogP contribution in [0.2, 0.25) is 0 Å². The van der Waals surface area contributed by atoms with Gasteiger partial charge in [-0.05, 0) is 81.2 Å². The summed E-state index contributed by atoms with van der Waals surface area (Å²) in [5, 5.41) is -0.304. The third-order valence-electron chi connectivity index (χ3n) is 12.4. The van der Waals surface area contributed by atoms with Crippen molar-refractivity contribution in [1.82, 2.24) is 14.4 Å². The van der Waals surface area contributed by atoms with Crippen molar-refractivity contribution in [2.75, 3.05) is 37.6 Å². The number of anilines is 1. The summed E-state index contributed by atoms with van der Waals surface area (Å²) >= 11 is 0. The summed E-state index contributed by atoms with van der Waals surface area (Å²) in [5.41, 5.74) is 7.11. The molecule has 6 aliphatic rings. The molecule has 324 valence electrons. The molecular formula is C41H43N4NaO13S3. The van der Waals surface area contributed by atoms with Crippen LogP contribution >= 0.6 is 0 Å². The van der Waals surface area contributed by atoms with Crippen LogP contribution in [0.25, 0.3) is 5.57 Å². The van der Waals surface area contributed by atoms with Crippen molar-refractivity contribution >= 4 is 59.3 Å². The maximum absolute atomic E-state index is 14.4. The van der Waals surface area contributed by atoms with E-state index >= 15 is 0 Å². The normalized spacial score (nSPS) is 19.2. The minimum absolute atomic E-state index is 0. The van der Waals surface area contributed by atoms with Gasteiger partial charge < -0.3 is 23.6 Å². The van der Waals surface area contributed by atoms with Crippen LogP contribution in [0.4, 0.5) is 5.69 Å². The first-order valence-electron chi connectivity index (χ1n) is 20.6. The van der Waals surface area contributed by atoms with Crippen LogP contribution in [0, 0.1) is 0 Å². The number of hydrogen-bond donors (Lipinski definition) is 1. The molecule has 0 spiro atoms. The average Bonchev–Trinajstić information content (AvgIpc) is 3.50. The second-order valence-corrected chi connectivity index (χ2v) is 21.0. The molecule has 2 amide bonds. The Kier molecular flexibility index (Phi) is 12.3. The molecule has 1 fully saturated rings. The fourth-order valence-corrected chi connectivity index (χ4v) is 12.4. The Bertz CT molecular complexity index is 2920. The van der Waals surface area contributed by atoms with Gasteiger partial charge in [0.2, 0.25) is 15.4 Å². The molecule has 3 aromatic rings. The molecule has 17 nitrogen and oxygen atoms in total. The SMILES string of the molecule is O=C(CCCCCNS(=O)(=O)c1cc(S(=O)(=O)[O-])ccc1C1=c2cc3c4c(c2Oc2c1cc1c5c2CCCN5CCC1)CCC[N+]=4CCC3)ON1C(=O)CC(S(=O)(=O)[O-])C1=O.[Na+]. The molecular weight excluding hydrogens is 876 g/mol. The second kappa shape index (κ2) is 17.0. The fourth-order valence-electron chi connectivity index (χ4n) is 9.80. The van der Waals surface area contributed by atoms with Gasteiger partial charge in [0.05, 0.1) is 21.8 Å². The number of carbonyl (C=O) groups excluding carboxylic acids is 3. The zero-order valence-corrected chi connectivity index (χ0v) is 38.5. The molecule has 6 aliphatic heterocycles. The number of amides is 2. The zero-order valence-electron chi connectivity index (χ0n) is 34.1. The van der Waals surface area contributed by atoms with Crippen molar-refractivity contribution in [2.45, 2.75) is 98.5 Å². The Morgan fingerprint density at radius 1 is 0.839 bits per heavy atom. The molecule has 0 saturated carbocycles. The van der Waals surface area contributed by atoms with Gasteiger partial charge in [0.25, 0.3) is 11.8 Å². The summed E-state index contributed by atoms with van der Waals surface area (Å²) in [5.74, 6) is -2.28. The van der Waals surface area contributed by atoms with E-state index < -0.39 is 64.6 Å². The maximum Gasteiger partial charge on any atom is 1.00 e. The summed E-state index contributed by atoms with van der Waals surface area (Å²) in [6, 6.07) is 7.64. The van der Waals surface area contributed by atoms with E-state index in [2.05, 4.69) is 26.3 Å². The van der Waals surface area contributed by atoms with Crippen molar-refractivity contribution < 1.29 is 87.9 Å². The minimum atomic E-state index is -5.14. The Morgan fingerprint density at radius 2 is 1.55 bits per heavy atom. The standard InChI is InChI=1S/C41H44N4O13S3.Na/c46-34-23-33(61(54,55)56)41(48)45(34)58-35(47)12-2-1-3-15-42-59(49,50)32-22-26(60(51,52)53)13-14-27(32)36-30-20-24-8-4-16-43-18-6-10-28(37(24)43)39(30)57-40-29-11-7-19-44-17-5-9-25(38(29)44)21-31(36)40;/h13-14,20-22,33,42H,1-12,15-19,23H2,(H-,51,52,53,54,55,56);/q;+1/p-1. The van der Waals surface area contributed by atoms with Crippen LogP contribution in [-0.2, 0) is 75.2 Å². The number of sulfonamides is 1. The van der Waals surface area contributed by atoms with Gasteiger partial charge in [-0.25, -0.2) is 39.3 Å². The topological polar surface area (TPSA) is 240 Å². The minimum Gasteiger partial charge on any atom is -0.747 e. The predicted octanol–water partition coefficient (Wildman–Crippen LogP) is -2.00. The van der Waals surface area contributed by atoms with E-state index in [0.717, 1.165) is 112 Å². The number of hydroxylamine groups is 2. The Labute approximate surface area is 380 Å². The molecule has 0 radical (unpaired) electrons. The first kappa shape index (κ1) is 44.9. The van der Waals surface area contributed by atoms with Gasteiger partial charge in [-0.2, -0.15) is 0 Å². The fraction of sp³-hybridized carbons (Fsp3) is 0.463. The molecule has 9 rings (SSSR count). The van der Waals surface area contributed by atoms with Gasteiger partial charge in [0.1, 0.15) is 50.1 Å². The van der Waals surface area contributed by atoms with Gasteiger partial charge in [0.15, 0.2) is 0 Å². The number of nitrogens with zero attached hydrogens (tertiary/aromatic N) is 3. The number of carbonyl (C=O) groups is 3. The van der Waals surface area contributed by atoms with Gasteiger partial charge in [0, 0.05) is 77.6 Å². The monoisotopic (exact) mass is 918 g/mol. The van der Waals surface area contributed by atoms with Crippen molar-refractivity contribution in [3.8, 4) is 11.5 Å². The summed E-state index contributed by atoms with van der Waals surface area (Å²) in [6.45, 7) is 3.58. The molecule has 6 heterocycles. The first-order valence-corrected chi connectivity index (χ1v) is 24.9. The van der Waals surface area contributed by atoms with Gasteiger partial charge in [-0.3, -0.25) is 9.59 Å². The number of benzene rings is 3. The van der Waals surface area contributed by atoms with E-state index in [0.29, 0.717) is 27.9 Å². The van der Waals surface area contributed by atoms with Crippen LogP contribution in [0.3, 0.4) is 0 Å². The Hall–Kier alpha value is -3.73. The molecule has 1 atom stereocenters. The number of fused-ring (bicyclic) bond motifs is 4. The molecule has 0 aromatic heterocycles. The van der Waals surface area contributed by atoms with E-state index in [9.17, 15) is 48.7 Å². The number of unbranched alkanes of at least 4 members (excludes halogenated alkanes) is 2. The average molecular weight is 919 g/mol. The molecule has 1 unspecified atom stereocenters. The van der Waals surface area contributed by atoms with Gasteiger partial charge in [-0.1, -0.05) is 12.5 Å². The number of imide groups is 1. The summed E-state index contributed by atoms with van der Waals surface area (Å²) < 4.78 is 112. The molecule has 1 N–H and O–H groups in total. The van der Waals surface area contributed by atoms with Gasteiger partial charge >= 0.3 is 35.5 Å². The van der Waals surface area contributed by atoms with E-state index in [1.54, 1.807) is 0 Å². The van der Waals surface area contributed by atoms with Gasteiger partial charge in [-0.15, -0.1) is 5.06 Å². The van der Waals surface area contributed by atoms with Crippen LogP contribution in [0.5, 0.6) is 11.5 Å². The van der Waals surface area contributed by atoms with E-state index in [4.69, 9.17) is 9.57 Å². The zero-order chi connectivity index (χ0) is 43.0. The quantitative estimate of drug-likeness (QED) is 0.0532. The molecule has 0 aliphatic carbocycles. The smallest absolute Gasteiger partial charge is 0.747 e. The predicted molar refractivity (Wildman–Crippen MR) is 214 cm³/mol. The number of ether oxygens (including phenoxy) is 1. The molecule has 62 heavy (non-hydrogen) atoms. The number of hydrogen-bond acceptors (Lipinski definition) is 14. The number of aryl methyl sites for hydroxylation is 2. The molecule has 21 heteroatoms. The maximum atomic E-state index is 14.4. The summed E-state index contributed by atoms with van der Waals surface area (Å²) in [4.78, 5) is 42.6. The number of rotatable bonds is 12. The van der Waals surface area contributed by atoms with Crippen molar-refractivity contribution in [3.63, 3.8) is 0 Å². The summed E-state index contributed by atoms with van der Waals surface area (Å²) in [7, 11) is -14.7. The van der Waals surface area contributed by atoms with E-state index in [1.165, 1.54) is 17.1 Å². The number of nitrogens with one attached hydrogen (secondary N) is 1. The van der Waals surface area contributed by atoms with Crippen molar-refractivity contribution in [3.05, 3.63) is 74.3 Å². The molecule has 3 aromatic carbocycles. The Balaban J connectivity index is 0.00000529. The van der Waals surface area contributed by atoms with E-state index in [1.807, 2.05) is 0 Å². The molecule has 1 saturated heterocycles. The third kappa shape index (κ3) is 8.15. The van der Waals surface area contributed by atoms with Crippen LogP contribution < -0.4 is 59.1 Å². The largest absolute Gasteiger partial charge is 1.00 e. The van der Waals surface area contributed by atoms with Crippen LogP contribution in [0.1, 0.15) is 91.2 Å². The summed E-state index contributed by atoms with van der Waals surface area (Å²) in [6.07, 6.45) is 6.28. The first-order chi connectivity index (χ1) is 29.0. The van der Waals surface area contributed by atoms with Crippen LogP contribution in [-0.4, -0.2) is 95.2 Å². The van der Waals surface area contributed by atoms with Crippen LogP contribution in [0.15, 0.2) is 40.1 Å². The molecule has 0 bridgehead atoms. The van der Waals surface area contributed by atoms with Crippen molar-refractivity contribution in [2.24, 2.45) is 0 Å². The second-order valence-electron chi connectivity index (χ2n) is 16.3. The van der Waals surface area contributed by atoms with Crippen molar-refractivity contribution in [1.29, 1.82) is 0 Å². The third-order valence-corrected chi connectivity index (χ3v) is 15.8. The Morgan fingerprint density at radius 3 is 2.27 bits per heavy atom. The van der Waals surface area contributed by atoms with E-state index in [-0.39, 0.29) is 77.3 Å².